The molecule has 0 aliphatic rings. The first-order valence-electron chi connectivity index (χ1n) is 6.74. The number of rotatable bonds is 5. The van der Waals surface area contributed by atoms with Gasteiger partial charge in [-0.3, -0.25) is 0 Å². The number of likely N-dealkylation sites (N-methyl/N-ethyl adjacent to an activating group) is 1. The van der Waals surface area contributed by atoms with E-state index in [1.54, 1.807) is 7.11 Å². The molecule has 2 aromatic rings. The molecule has 1 atom stereocenters. The molecule has 0 spiro atoms. The Labute approximate surface area is 125 Å². The molecular formula is C17H20ClNO. The minimum absolute atomic E-state index is 0.483. The zero-order valence-corrected chi connectivity index (χ0v) is 12.9. The Hall–Kier alpha value is -1.51. The molecule has 0 bridgehead atoms. The average Bonchev–Trinajstić information content (AvgIpc) is 2.47. The summed E-state index contributed by atoms with van der Waals surface area (Å²) in [5.41, 5.74) is 3.59. The van der Waals surface area contributed by atoms with Gasteiger partial charge in [-0.25, -0.2) is 0 Å². The molecule has 20 heavy (non-hydrogen) atoms. The summed E-state index contributed by atoms with van der Waals surface area (Å²) >= 11 is 6.17. The summed E-state index contributed by atoms with van der Waals surface area (Å²) in [5.74, 6) is 0.704. The first-order chi connectivity index (χ1) is 9.63. The molecule has 2 aromatic carbocycles. The van der Waals surface area contributed by atoms with Gasteiger partial charge in [0.15, 0.2) is 0 Å². The highest BCUT2D eigenvalue weighted by atomic mass is 35.5. The lowest BCUT2D eigenvalue weighted by molar-refractivity contribution is 0.415. The largest absolute Gasteiger partial charge is 0.495 e. The minimum atomic E-state index is 0.483. The monoisotopic (exact) mass is 289 g/mol. The molecule has 2 rings (SSSR count). The van der Waals surface area contributed by atoms with Gasteiger partial charge < -0.3 is 10.1 Å². The second-order valence-corrected chi connectivity index (χ2v) is 5.35. The first-order valence-corrected chi connectivity index (χ1v) is 7.12. The Morgan fingerprint density at radius 1 is 1.10 bits per heavy atom. The summed E-state index contributed by atoms with van der Waals surface area (Å²) in [4.78, 5) is 0. The average molecular weight is 290 g/mol. The number of nitrogens with one attached hydrogen (secondary N) is 1. The van der Waals surface area contributed by atoms with Crippen LogP contribution in [0.2, 0.25) is 5.02 Å². The molecule has 2 nitrogen and oxygen atoms in total. The summed E-state index contributed by atoms with van der Waals surface area (Å²) < 4.78 is 5.17. The maximum Gasteiger partial charge on any atom is 0.137 e. The summed E-state index contributed by atoms with van der Waals surface area (Å²) in [6.07, 6.45) is 1.03. The van der Waals surface area contributed by atoms with Gasteiger partial charge in [-0.1, -0.05) is 41.9 Å². The zero-order valence-electron chi connectivity index (χ0n) is 12.1. The SMILES string of the molecule is CNC(C)Cc1ccc(-c2ccc(OC)c(Cl)c2)cc1. The van der Waals surface area contributed by atoms with Crippen molar-refractivity contribution >= 4 is 11.6 Å². The maximum atomic E-state index is 6.17. The fourth-order valence-corrected chi connectivity index (χ4v) is 2.39. The normalized spacial score (nSPS) is 12.2. The van der Waals surface area contributed by atoms with Crippen LogP contribution in [0.1, 0.15) is 12.5 Å². The first kappa shape index (κ1) is 14.9. The zero-order chi connectivity index (χ0) is 14.5. The molecule has 1 unspecified atom stereocenters. The lowest BCUT2D eigenvalue weighted by Gasteiger charge is -2.11. The Kier molecular flexibility index (Phi) is 5.05. The number of hydrogen-bond acceptors (Lipinski definition) is 2. The third kappa shape index (κ3) is 3.53. The minimum Gasteiger partial charge on any atom is -0.495 e. The molecule has 0 saturated heterocycles. The topological polar surface area (TPSA) is 21.3 Å². The Balaban J connectivity index is 2.19. The predicted molar refractivity (Wildman–Crippen MR) is 85.7 cm³/mol. The van der Waals surface area contributed by atoms with Gasteiger partial charge in [0.05, 0.1) is 12.1 Å². The van der Waals surface area contributed by atoms with E-state index < -0.39 is 0 Å². The highest BCUT2D eigenvalue weighted by molar-refractivity contribution is 6.32. The van der Waals surface area contributed by atoms with Crippen LogP contribution < -0.4 is 10.1 Å². The van der Waals surface area contributed by atoms with Crippen LogP contribution >= 0.6 is 11.6 Å². The molecule has 1 N–H and O–H groups in total. The summed E-state index contributed by atoms with van der Waals surface area (Å²) in [6, 6.07) is 14.9. The van der Waals surface area contributed by atoms with Gasteiger partial charge in [0.1, 0.15) is 5.75 Å². The molecule has 0 radical (unpaired) electrons. The van der Waals surface area contributed by atoms with Gasteiger partial charge in [-0.05, 0) is 49.2 Å². The third-order valence-corrected chi connectivity index (χ3v) is 3.77. The summed E-state index contributed by atoms with van der Waals surface area (Å²) in [5, 5.41) is 3.89. The fraction of sp³-hybridized carbons (Fsp3) is 0.294. The van der Waals surface area contributed by atoms with Gasteiger partial charge in [0.2, 0.25) is 0 Å². The number of benzene rings is 2. The van der Waals surface area contributed by atoms with Crippen LogP contribution in [0.15, 0.2) is 42.5 Å². The summed E-state index contributed by atoms with van der Waals surface area (Å²) in [7, 11) is 3.61. The van der Waals surface area contributed by atoms with Crippen molar-refractivity contribution in [1.29, 1.82) is 0 Å². The van der Waals surface area contributed by atoms with Crippen LogP contribution in [0.3, 0.4) is 0 Å². The van der Waals surface area contributed by atoms with E-state index in [0.717, 1.165) is 17.5 Å². The maximum absolute atomic E-state index is 6.17. The smallest absolute Gasteiger partial charge is 0.137 e. The Bertz CT molecular complexity index is 566. The summed E-state index contributed by atoms with van der Waals surface area (Å²) in [6.45, 7) is 2.18. The van der Waals surface area contributed by atoms with E-state index in [4.69, 9.17) is 16.3 Å². The van der Waals surface area contributed by atoms with Crippen LogP contribution in [0.5, 0.6) is 5.75 Å². The molecular weight excluding hydrogens is 270 g/mol. The van der Waals surface area contributed by atoms with Crippen LogP contribution in [0.4, 0.5) is 0 Å². The van der Waals surface area contributed by atoms with Crippen molar-refractivity contribution in [2.24, 2.45) is 0 Å². The lowest BCUT2D eigenvalue weighted by Crippen LogP contribution is -2.23. The number of methoxy groups -OCH3 is 1. The van der Waals surface area contributed by atoms with E-state index in [9.17, 15) is 0 Å². The van der Waals surface area contributed by atoms with Crippen LogP contribution in [0, 0.1) is 0 Å². The molecule has 0 aromatic heterocycles. The Morgan fingerprint density at radius 3 is 2.30 bits per heavy atom. The standard InChI is InChI=1S/C17H20ClNO/c1-12(19-2)10-13-4-6-14(7-5-13)15-8-9-17(20-3)16(18)11-15/h4-9,11-12,19H,10H2,1-3H3. The van der Waals surface area contributed by atoms with E-state index in [2.05, 4.69) is 36.5 Å². The number of ether oxygens (including phenoxy) is 1. The molecule has 0 saturated carbocycles. The molecule has 0 heterocycles. The molecule has 0 aliphatic heterocycles. The second-order valence-electron chi connectivity index (χ2n) is 4.94. The van der Waals surface area contributed by atoms with E-state index in [1.807, 2.05) is 25.2 Å². The highest BCUT2D eigenvalue weighted by Gasteiger charge is 2.05. The molecule has 0 amide bonds. The van der Waals surface area contributed by atoms with Crippen molar-refractivity contribution in [2.75, 3.05) is 14.2 Å². The third-order valence-electron chi connectivity index (χ3n) is 3.47. The van der Waals surface area contributed by atoms with Crippen molar-refractivity contribution in [3.8, 4) is 16.9 Å². The molecule has 106 valence electrons. The van der Waals surface area contributed by atoms with Crippen LogP contribution in [0.25, 0.3) is 11.1 Å². The van der Waals surface area contributed by atoms with Crippen molar-refractivity contribution < 1.29 is 4.74 Å². The van der Waals surface area contributed by atoms with E-state index in [-0.39, 0.29) is 0 Å². The van der Waals surface area contributed by atoms with Crippen molar-refractivity contribution in [1.82, 2.24) is 5.32 Å². The molecule has 0 fully saturated rings. The van der Waals surface area contributed by atoms with Crippen LogP contribution in [-0.2, 0) is 6.42 Å². The van der Waals surface area contributed by atoms with Gasteiger partial charge >= 0.3 is 0 Å². The molecule has 3 heteroatoms. The van der Waals surface area contributed by atoms with Gasteiger partial charge in [-0.15, -0.1) is 0 Å². The van der Waals surface area contributed by atoms with E-state index >= 15 is 0 Å². The molecule has 0 aliphatic carbocycles. The van der Waals surface area contributed by atoms with Crippen LogP contribution in [-0.4, -0.2) is 20.2 Å². The predicted octanol–water partition coefficient (Wildman–Crippen LogP) is 4.17. The van der Waals surface area contributed by atoms with Crippen molar-refractivity contribution in [2.45, 2.75) is 19.4 Å². The van der Waals surface area contributed by atoms with Gasteiger partial charge in [-0.2, -0.15) is 0 Å². The quantitative estimate of drug-likeness (QED) is 0.892. The fourth-order valence-electron chi connectivity index (χ4n) is 2.13. The number of hydrogen-bond donors (Lipinski definition) is 1. The van der Waals surface area contributed by atoms with Crippen molar-refractivity contribution in [3.63, 3.8) is 0 Å². The lowest BCUT2D eigenvalue weighted by atomic mass is 10.0. The second kappa shape index (κ2) is 6.78. The van der Waals surface area contributed by atoms with E-state index in [0.29, 0.717) is 16.8 Å². The van der Waals surface area contributed by atoms with Gasteiger partial charge in [0, 0.05) is 6.04 Å². The van der Waals surface area contributed by atoms with Crippen molar-refractivity contribution in [3.05, 3.63) is 53.1 Å². The number of halogens is 1. The highest BCUT2D eigenvalue weighted by Crippen LogP contribution is 2.30. The Morgan fingerprint density at radius 2 is 1.75 bits per heavy atom. The van der Waals surface area contributed by atoms with Gasteiger partial charge in [0.25, 0.3) is 0 Å². The van der Waals surface area contributed by atoms with E-state index in [1.165, 1.54) is 5.56 Å².